The number of carbonyl (C=O) groups excluding carboxylic acids is 1. The summed E-state index contributed by atoms with van der Waals surface area (Å²) in [4.78, 5) is 25.8. The largest absolute Gasteiger partial charge is 0.479 e. The second kappa shape index (κ2) is 5.90. The van der Waals surface area contributed by atoms with Crippen LogP contribution in [0.1, 0.15) is 44.9 Å². The Morgan fingerprint density at radius 3 is 2.53 bits per heavy atom. The standard InChI is InChI=1S/C14H24N2O3/c1-15-10-12(17)16-9-5-8-14(16,13(18)19)11-6-3-2-4-7-11/h11,15H,2-10H2,1H3,(H,18,19)/t14-/m1/s1. The summed E-state index contributed by atoms with van der Waals surface area (Å²) in [6, 6.07) is 0. The van der Waals surface area contributed by atoms with Crippen LogP contribution in [0.4, 0.5) is 0 Å². The number of hydrogen-bond acceptors (Lipinski definition) is 3. The summed E-state index contributed by atoms with van der Waals surface area (Å²) in [5, 5.41) is 12.6. The molecule has 19 heavy (non-hydrogen) atoms. The minimum Gasteiger partial charge on any atom is -0.479 e. The van der Waals surface area contributed by atoms with E-state index < -0.39 is 11.5 Å². The second-order valence-electron chi connectivity index (χ2n) is 5.74. The van der Waals surface area contributed by atoms with Crippen molar-refractivity contribution in [3.8, 4) is 0 Å². The van der Waals surface area contributed by atoms with Crippen LogP contribution in [-0.2, 0) is 9.59 Å². The predicted molar refractivity (Wildman–Crippen MR) is 71.8 cm³/mol. The van der Waals surface area contributed by atoms with E-state index in [4.69, 9.17) is 0 Å². The number of likely N-dealkylation sites (tertiary alicyclic amines) is 1. The lowest BCUT2D eigenvalue weighted by Gasteiger charge is -2.42. The number of carbonyl (C=O) groups is 2. The van der Waals surface area contributed by atoms with Gasteiger partial charge >= 0.3 is 5.97 Å². The predicted octanol–water partition coefficient (Wildman–Crippen LogP) is 1.23. The Morgan fingerprint density at radius 1 is 1.26 bits per heavy atom. The Hall–Kier alpha value is -1.10. The van der Waals surface area contributed by atoms with Crippen LogP contribution >= 0.6 is 0 Å². The van der Waals surface area contributed by atoms with Crippen molar-refractivity contribution in [1.82, 2.24) is 10.2 Å². The third-order valence-corrected chi connectivity index (χ3v) is 4.70. The number of amides is 1. The van der Waals surface area contributed by atoms with Crippen LogP contribution in [-0.4, -0.2) is 47.6 Å². The molecule has 5 nitrogen and oxygen atoms in total. The SMILES string of the molecule is CNCC(=O)N1CCC[C@]1(C(=O)O)C1CCCCC1. The van der Waals surface area contributed by atoms with Crippen LogP contribution in [0.15, 0.2) is 0 Å². The molecular formula is C14H24N2O3. The highest BCUT2D eigenvalue weighted by Crippen LogP contribution is 2.43. The summed E-state index contributed by atoms with van der Waals surface area (Å²) in [7, 11) is 1.72. The fourth-order valence-corrected chi connectivity index (χ4v) is 3.84. The molecule has 0 aromatic heterocycles. The van der Waals surface area contributed by atoms with Gasteiger partial charge in [-0.25, -0.2) is 4.79 Å². The zero-order valence-electron chi connectivity index (χ0n) is 11.7. The van der Waals surface area contributed by atoms with E-state index in [1.54, 1.807) is 11.9 Å². The van der Waals surface area contributed by atoms with Gasteiger partial charge in [-0.1, -0.05) is 19.3 Å². The number of carboxylic acids is 1. The number of nitrogens with one attached hydrogen (secondary N) is 1. The maximum atomic E-state index is 12.2. The Kier molecular flexibility index (Phi) is 4.45. The fraction of sp³-hybridized carbons (Fsp3) is 0.857. The molecule has 1 saturated heterocycles. The lowest BCUT2D eigenvalue weighted by atomic mass is 9.73. The molecule has 1 atom stereocenters. The lowest BCUT2D eigenvalue weighted by Crippen LogP contribution is -2.59. The van der Waals surface area contributed by atoms with Crippen molar-refractivity contribution < 1.29 is 14.7 Å². The maximum Gasteiger partial charge on any atom is 0.329 e. The van der Waals surface area contributed by atoms with E-state index in [-0.39, 0.29) is 18.4 Å². The fourth-order valence-electron chi connectivity index (χ4n) is 3.84. The van der Waals surface area contributed by atoms with E-state index in [1.807, 2.05) is 0 Å². The number of nitrogens with zero attached hydrogens (tertiary/aromatic N) is 1. The summed E-state index contributed by atoms with van der Waals surface area (Å²) in [6.45, 7) is 0.811. The molecule has 2 aliphatic rings. The summed E-state index contributed by atoms with van der Waals surface area (Å²) in [5.74, 6) is -0.753. The molecule has 1 saturated carbocycles. The van der Waals surface area contributed by atoms with Crippen molar-refractivity contribution in [3.63, 3.8) is 0 Å². The molecule has 0 radical (unpaired) electrons. The average molecular weight is 268 g/mol. The van der Waals surface area contributed by atoms with E-state index >= 15 is 0 Å². The van der Waals surface area contributed by atoms with Gasteiger partial charge < -0.3 is 15.3 Å². The monoisotopic (exact) mass is 268 g/mol. The highest BCUT2D eigenvalue weighted by atomic mass is 16.4. The van der Waals surface area contributed by atoms with Gasteiger partial charge in [0.1, 0.15) is 5.54 Å². The van der Waals surface area contributed by atoms with Crippen LogP contribution in [0.3, 0.4) is 0 Å². The van der Waals surface area contributed by atoms with Gasteiger partial charge in [0.2, 0.25) is 5.91 Å². The molecule has 0 spiro atoms. The van der Waals surface area contributed by atoms with E-state index in [0.29, 0.717) is 13.0 Å². The molecule has 108 valence electrons. The number of carboxylic acid groups (broad SMARTS) is 1. The van der Waals surface area contributed by atoms with E-state index in [1.165, 1.54) is 6.42 Å². The lowest BCUT2D eigenvalue weighted by molar-refractivity contribution is -0.161. The van der Waals surface area contributed by atoms with Gasteiger partial charge in [0.15, 0.2) is 0 Å². The second-order valence-corrected chi connectivity index (χ2v) is 5.74. The first-order valence-electron chi connectivity index (χ1n) is 7.31. The highest BCUT2D eigenvalue weighted by Gasteiger charge is 2.54. The van der Waals surface area contributed by atoms with E-state index in [9.17, 15) is 14.7 Å². The molecule has 0 aromatic carbocycles. The van der Waals surface area contributed by atoms with Crippen molar-refractivity contribution in [1.29, 1.82) is 0 Å². The van der Waals surface area contributed by atoms with Gasteiger partial charge in [0, 0.05) is 6.54 Å². The van der Waals surface area contributed by atoms with Crippen LogP contribution in [0.2, 0.25) is 0 Å². The molecule has 2 N–H and O–H groups in total. The molecule has 5 heteroatoms. The topological polar surface area (TPSA) is 69.6 Å². The van der Waals surface area contributed by atoms with Crippen LogP contribution < -0.4 is 5.32 Å². The van der Waals surface area contributed by atoms with Crippen molar-refractivity contribution in [2.45, 2.75) is 50.5 Å². The number of likely N-dealkylation sites (N-methyl/N-ethyl adjacent to an activating group) is 1. The first kappa shape index (κ1) is 14.3. The highest BCUT2D eigenvalue weighted by molar-refractivity contribution is 5.89. The first-order valence-corrected chi connectivity index (χ1v) is 7.31. The minimum atomic E-state index is -0.936. The normalized spacial score (nSPS) is 28.6. The van der Waals surface area contributed by atoms with Crippen LogP contribution in [0.25, 0.3) is 0 Å². The molecule has 1 aliphatic carbocycles. The summed E-state index contributed by atoms with van der Waals surface area (Å²) in [5.41, 5.74) is -0.936. The zero-order valence-corrected chi connectivity index (χ0v) is 11.7. The Morgan fingerprint density at radius 2 is 1.95 bits per heavy atom. The molecular weight excluding hydrogens is 244 g/mol. The molecule has 0 unspecified atom stereocenters. The Bertz CT molecular complexity index is 351. The van der Waals surface area contributed by atoms with Crippen molar-refractivity contribution in [2.24, 2.45) is 5.92 Å². The van der Waals surface area contributed by atoms with Gasteiger partial charge in [-0.05, 0) is 38.6 Å². The summed E-state index contributed by atoms with van der Waals surface area (Å²) < 4.78 is 0. The Balaban J connectivity index is 2.26. The number of aliphatic carboxylic acids is 1. The van der Waals surface area contributed by atoms with Crippen molar-refractivity contribution >= 4 is 11.9 Å². The molecule has 1 amide bonds. The smallest absolute Gasteiger partial charge is 0.329 e. The zero-order chi connectivity index (χ0) is 13.9. The van der Waals surface area contributed by atoms with Crippen LogP contribution in [0.5, 0.6) is 0 Å². The van der Waals surface area contributed by atoms with Crippen molar-refractivity contribution in [2.75, 3.05) is 20.1 Å². The minimum absolute atomic E-state index is 0.0760. The van der Waals surface area contributed by atoms with E-state index in [0.717, 1.165) is 32.1 Å². The quantitative estimate of drug-likeness (QED) is 0.804. The van der Waals surface area contributed by atoms with Crippen molar-refractivity contribution in [3.05, 3.63) is 0 Å². The summed E-state index contributed by atoms with van der Waals surface area (Å²) in [6.07, 6.45) is 6.67. The Labute approximate surface area is 114 Å². The number of rotatable bonds is 4. The maximum absolute atomic E-state index is 12.2. The first-order chi connectivity index (χ1) is 9.13. The van der Waals surface area contributed by atoms with Gasteiger partial charge in [0.25, 0.3) is 0 Å². The third kappa shape index (κ3) is 2.48. The summed E-state index contributed by atoms with van der Waals surface area (Å²) >= 11 is 0. The van der Waals surface area contributed by atoms with Gasteiger partial charge in [-0.15, -0.1) is 0 Å². The molecule has 1 heterocycles. The molecule has 2 fully saturated rings. The number of hydrogen-bond donors (Lipinski definition) is 2. The van der Waals surface area contributed by atoms with E-state index in [2.05, 4.69) is 5.32 Å². The van der Waals surface area contributed by atoms with Crippen LogP contribution in [0, 0.1) is 5.92 Å². The molecule has 0 bridgehead atoms. The molecule has 0 aromatic rings. The van der Waals surface area contributed by atoms with Gasteiger partial charge in [0.05, 0.1) is 6.54 Å². The van der Waals surface area contributed by atoms with Gasteiger partial charge in [-0.2, -0.15) is 0 Å². The molecule has 2 rings (SSSR count). The third-order valence-electron chi connectivity index (χ3n) is 4.70. The van der Waals surface area contributed by atoms with Gasteiger partial charge in [-0.3, -0.25) is 4.79 Å². The average Bonchev–Trinajstić information content (AvgIpc) is 2.86. The molecule has 1 aliphatic heterocycles.